The monoisotopic (exact) mass is 377 g/mol. The second-order valence-electron chi connectivity index (χ2n) is 6.14. The number of nitrogens with zero attached hydrogens (tertiary/aromatic N) is 2. The van der Waals surface area contributed by atoms with E-state index in [4.69, 9.17) is 4.74 Å². The van der Waals surface area contributed by atoms with Crippen LogP contribution in [0.2, 0.25) is 0 Å². The largest absolute Gasteiger partial charge is 0.495 e. The molecule has 27 heavy (non-hydrogen) atoms. The van der Waals surface area contributed by atoms with Gasteiger partial charge in [-0.05, 0) is 49.2 Å². The lowest BCUT2D eigenvalue weighted by Crippen LogP contribution is -2.15. The van der Waals surface area contributed by atoms with E-state index in [1.807, 2.05) is 38.1 Å². The molecule has 0 radical (unpaired) electrons. The molecule has 0 aliphatic heterocycles. The lowest BCUT2D eigenvalue weighted by atomic mass is 10.1. The van der Waals surface area contributed by atoms with E-state index in [0.29, 0.717) is 22.0 Å². The van der Waals surface area contributed by atoms with Gasteiger partial charge in [-0.3, -0.25) is 4.79 Å². The molecule has 0 fully saturated rings. The van der Waals surface area contributed by atoms with Gasteiger partial charge in [0.15, 0.2) is 0 Å². The number of anilines is 1. The van der Waals surface area contributed by atoms with E-state index in [0.717, 1.165) is 22.0 Å². The normalized spacial score (nSPS) is 10.4. The van der Waals surface area contributed by atoms with Gasteiger partial charge in [0.25, 0.3) is 0 Å². The van der Waals surface area contributed by atoms with E-state index < -0.39 is 0 Å². The molecule has 136 valence electrons. The first-order chi connectivity index (χ1) is 13.0. The molecule has 5 nitrogen and oxygen atoms in total. The number of benzene rings is 2. The number of rotatable bonds is 5. The molecule has 3 aromatic rings. The Morgan fingerprint density at radius 1 is 1.26 bits per heavy atom. The summed E-state index contributed by atoms with van der Waals surface area (Å²) in [4.78, 5) is 16.9. The van der Waals surface area contributed by atoms with E-state index in [2.05, 4.69) is 22.4 Å². The number of nitrogens with one attached hydrogen (secondary N) is 1. The summed E-state index contributed by atoms with van der Waals surface area (Å²) in [5, 5.41) is 13.8. The van der Waals surface area contributed by atoms with Gasteiger partial charge < -0.3 is 10.1 Å². The number of carbonyl (C=O) groups excluding carboxylic acids is 1. The number of nitriles is 1. The van der Waals surface area contributed by atoms with Crippen molar-refractivity contribution in [3.8, 4) is 11.8 Å². The maximum absolute atomic E-state index is 12.3. The van der Waals surface area contributed by atoms with Crippen LogP contribution in [0.5, 0.6) is 5.75 Å². The zero-order valence-electron chi connectivity index (χ0n) is 15.4. The van der Waals surface area contributed by atoms with Crippen LogP contribution in [0.4, 0.5) is 5.69 Å². The highest BCUT2D eigenvalue weighted by Crippen LogP contribution is 2.28. The van der Waals surface area contributed by atoms with Gasteiger partial charge in [0.2, 0.25) is 5.91 Å². The predicted molar refractivity (Wildman–Crippen MR) is 108 cm³/mol. The smallest absolute Gasteiger partial charge is 0.234 e. The lowest BCUT2D eigenvalue weighted by Gasteiger charge is -2.10. The molecule has 0 saturated carbocycles. The number of hydrogen-bond acceptors (Lipinski definition) is 5. The highest BCUT2D eigenvalue weighted by molar-refractivity contribution is 8.00. The number of amides is 1. The van der Waals surface area contributed by atoms with Gasteiger partial charge in [-0.1, -0.05) is 30.0 Å². The van der Waals surface area contributed by atoms with Crippen LogP contribution >= 0.6 is 11.8 Å². The maximum Gasteiger partial charge on any atom is 0.234 e. The molecule has 1 N–H and O–H groups in total. The van der Waals surface area contributed by atoms with Crippen molar-refractivity contribution in [2.75, 3.05) is 18.2 Å². The van der Waals surface area contributed by atoms with Crippen LogP contribution in [0.3, 0.4) is 0 Å². The standard InChI is InChI=1S/C21H19N3O2S/c1-13-8-14(2)16-10-15(11-22)21(24-18(16)9-13)27-12-20(25)23-17-6-4-5-7-19(17)26-3/h4-10H,12H2,1-3H3,(H,23,25). The zero-order valence-corrected chi connectivity index (χ0v) is 16.2. The Bertz CT molecular complexity index is 1060. The molecule has 1 amide bonds. The van der Waals surface area contributed by atoms with Crippen molar-refractivity contribution in [1.82, 2.24) is 4.98 Å². The molecule has 1 heterocycles. The molecular weight excluding hydrogens is 358 g/mol. The minimum absolute atomic E-state index is 0.149. The first-order valence-electron chi connectivity index (χ1n) is 8.39. The van der Waals surface area contributed by atoms with Crippen LogP contribution in [0.1, 0.15) is 16.7 Å². The van der Waals surface area contributed by atoms with E-state index >= 15 is 0 Å². The third-order valence-electron chi connectivity index (χ3n) is 4.09. The van der Waals surface area contributed by atoms with Crippen LogP contribution in [-0.2, 0) is 4.79 Å². The summed E-state index contributed by atoms with van der Waals surface area (Å²) in [6.07, 6.45) is 0. The molecule has 0 unspecified atom stereocenters. The zero-order chi connectivity index (χ0) is 19.4. The number of aromatic nitrogens is 1. The Balaban J connectivity index is 1.80. The van der Waals surface area contributed by atoms with Gasteiger partial charge >= 0.3 is 0 Å². The fourth-order valence-electron chi connectivity index (χ4n) is 2.87. The van der Waals surface area contributed by atoms with Crippen molar-refractivity contribution in [3.63, 3.8) is 0 Å². The third kappa shape index (κ3) is 4.21. The van der Waals surface area contributed by atoms with Gasteiger partial charge in [0, 0.05) is 5.39 Å². The SMILES string of the molecule is COc1ccccc1NC(=O)CSc1nc2cc(C)cc(C)c2cc1C#N. The Kier molecular flexibility index (Phi) is 5.63. The molecule has 6 heteroatoms. The number of thioether (sulfide) groups is 1. The fraction of sp³-hybridized carbons (Fsp3) is 0.190. The minimum Gasteiger partial charge on any atom is -0.495 e. The number of para-hydroxylation sites is 2. The van der Waals surface area contributed by atoms with Crippen LogP contribution in [0, 0.1) is 25.2 Å². The molecule has 1 aromatic heterocycles. The second-order valence-corrected chi connectivity index (χ2v) is 7.10. The fourth-order valence-corrected chi connectivity index (χ4v) is 3.63. The number of fused-ring (bicyclic) bond motifs is 1. The number of hydrogen-bond donors (Lipinski definition) is 1. The molecule has 0 bridgehead atoms. The summed E-state index contributed by atoms with van der Waals surface area (Å²) >= 11 is 1.25. The second kappa shape index (κ2) is 8.11. The highest BCUT2D eigenvalue weighted by atomic mass is 32.2. The number of aryl methyl sites for hydroxylation is 2. The number of methoxy groups -OCH3 is 1. The van der Waals surface area contributed by atoms with Crippen molar-refractivity contribution >= 4 is 34.3 Å². The Hall–Kier alpha value is -3.04. The van der Waals surface area contributed by atoms with E-state index in [1.54, 1.807) is 19.2 Å². The van der Waals surface area contributed by atoms with Crippen molar-refractivity contribution < 1.29 is 9.53 Å². The van der Waals surface area contributed by atoms with Gasteiger partial charge in [-0.25, -0.2) is 4.98 Å². The topological polar surface area (TPSA) is 75.0 Å². The molecule has 0 aliphatic carbocycles. The lowest BCUT2D eigenvalue weighted by molar-refractivity contribution is -0.113. The van der Waals surface area contributed by atoms with Gasteiger partial charge in [-0.2, -0.15) is 5.26 Å². The summed E-state index contributed by atoms with van der Waals surface area (Å²) < 4.78 is 5.24. The van der Waals surface area contributed by atoms with E-state index in [-0.39, 0.29) is 11.7 Å². The average molecular weight is 377 g/mol. The molecule has 2 aromatic carbocycles. The van der Waals surface area contributed by atoms with Crippen molar-refractivity contribution in [1.29, 1.82) is 5.26 Å². The van der Waals surface area contributed by atoms with Crippen LogP contribution < -0.4 is 10.1 Å². The molecular formula is C21H19N3O2S. The summed E-state index contributed by atoms with van der Waals surface area (Å²) in [7, 11) is 1.56. The quantitative estimate of drug-likeness (QED) is 0.664. The van der Waals surface area contributed by atoms with Crippen molar-refractivity contribution in [3.05, 3.63) is 59.2 Å². The van der Waals surface area contributed by atoms with E-state index in [9.17, 15) is 10.1 Å². The first kappa shape index (κ1) is 18.7. The van der Waals surface area contributed by atoms with Gasteiger partial charge in [-0.15, -0.1) is 0 Å². The number of ether oxygens (including phenoxy) is 1. The molecule has 0 aliphatic rings. The Morgan fingerprint density at radius 2 is 2.04 bits per heavy atom. The molecule has 0 saturated heterocycles. The highest BCUT2D eigenvalue weighted by Gasteiger charge is 2.13. The van der Waals surface area contributed by atoms with Crippen LogP contribution in [-0.4, -0.2) is 23.8 Å². The first-order valence-corrected chi connectivity index (χ1v) is 9.38. The van der Waals surface area contributed by atoms with E-state index in [1.165, 1.54) is 11.8 Å². The summed E-state index contributed by atoms with van der Waals surface area (Å²) in [5.74, 6) is 0.565. The molecule has 0 atom stereocenters. The van der Waals surface area contributed by atoms with Gasteiger partial charge in [0.1, 0.15) is 16.8 Å². The summed E-state index contributed by atoms with van der Waals surface area (Å²) in [6, 6.07) is 15.3. The third-order valence-corrected chi connectivity index (χ3v) is 5.08. The van der Waals surface area contributed by atoms with Gasteiger partial charge in [0.05, 0.1) is 29.6 Å². The van der Waals surface area contributed by atoms with Crippen molar-refractivity contribution in [2.45, 2.75) is 18.9 Å². The van der Waals surface area contributed by atoms with Crippen LogP contribution in [0.15, 0.2) is 47.5 Å². The summed E-state index contributed by atoms with van der Waals surface area (Å²) in [5.41, 5.74) is 4.12. The minimum atomic E-state index is -0.185. The Morgan fingerprint density at radius 3 is 2.78 bits per heavy atom. The maximum atomic E-state index is 12.3. The number of carbonyl (C=O) groups is 1. The molecule has 0 spiro atoms. The van der Waals surface area contributed by atoms with Crippen LogP contribution in [0.25, 0.3) is 10.9 Å². The van der Waals surface area contributed by atoms with Crippen molar-refractivity contribution in [2.24, 2.45) is 0 Å². The Labute approximate surface area is 162 Å². The summed E-state index contributed by atoms with van der Waals surface area (Å²) in [6.45, 7) is 4.02. The predicted octanol–water partition coefficient (Wildman–Crippen LogP) is 4.46. The number of pyridine rings is 1. The molecule has 3 rings (SSSR count). The average Bonchev–Trinajstić information content (AvgIpc) is 2.66.